The highest BCUT2D eigenvalue weighted by Crippen LogP contribution is 2.27. The smallest absolute Gasteiger partial charge is 0.277 e. The molecule has 0 aromatic carbocycles. The van der Waals surface area contributed by atoms with E-state index in [1.807, 2.05) is 0 Å². The number of methoxy groups -OCH3 is 1. The summed E-state index contributed by atoms with van der Waals surface area (Å²) in [5, 5.41) is 9.74. The van der Waals surface area contributed by atoms with Crippen molar-refractivity contribution >= 4 is 11.8 Å². The Kier molecular flexibility index (Phi) is 6.72. The zero-order valence-corrected chi connectivity index (χ0v) is 18.6. The quantitative estimate of drug-likeness (QED) is 0.739. The summed E-state index contributed by atoms with van der Waals surface area (Å²) in [4.78, 5) is 31.1. The predicted octanol–water partition coefficient (Wildman–Crippen LogP) is 3.17. The lowest BCUT2D eigenvalue weighted by molar-refractivity contribution is -0.127. The van der Waals surface area contributed by atoms with Crippen molar-refractivity contribution in [3.05, 3.63) is 29.8 Å². The van der Waals surface area contributed by atoms with E-state index < -0.39 is 11.7 Å². The molecule has 2 fully saturated rings. The lowest BCUT2D eigenvalue weighted by atomic mass is 9.86. The van der Waals surface area contributed by atoms with Crippen molar-refractivity contribution in [2.24, 2.45) is 11.8 Å². The van der Waals surface area contributed by atoms with Gasteiger partial charge in [0.1, 0.15) is 5.69 Å². The molecule has 0 spiro atoms. The van der Waals surface area contributed by atoms with Crippen LogP contribution in [0.4, 0.5) is 4.39 Å². The van der Waals surface area contributed by atoms with Gasteiger partial charge >= 0.3 is 0 Å². The SMILES string of the molecule is COc1cc(-c2[nH]nc(C(=O)N3CCC(C(=O)N[C@H]4CC[C@H](C)CC4)CC3)c2F)ccn1. The Balaban J connectivity index is 1.34. The van der Waals surface area contributed by atoms with Crippen molar-refractivity contribution in [3.63, 3.8) is 0 Å². The van der Waals surface area contributed by atoms with Gasteiger partial charge in [-0.3, -0.25) is 14.7 Å². The zero-order valence-electron chi connectivity index (χ0n) is 18.6. The second-order valence-corrected chi connectivity index (χ2v) is 8.88. The van der Waals surface area contributed by atoms with E-state index in [4.69, 9.17) is 4.74 Å². The van der Waals surface area contributed by atoms with Gasteiger partial charge in [0.05, 0.1) is 7.11 Å². The molecule has 2 aromatic rings. The number of amides is 2. The van der Waals surface area contributed by atoms with E-state index in [1.54, 1.807) is 17.0 Å². The van der Waals surface area contributed by atoms with Crippen LogP contribution in [-0.4, -0.2) is 58.1 Å². The number of rotatable bonds is 5. The number of carbonyl (C=O) groups excluding carboxylic acids is 2. The minimum absolute atomic E-state index is 0.0801. The van der Waals surface area contributed by atoms with Crippen LogP contribution in [0.3, 0.4) is 0 Å². The molecule has 1 aliphatic heterocycles. The van der Waals surface area contributed by atoms with Crippen molar-refractivity contribution < 1.29 is 18.7 Å². The topological polar surface area (TPSA) is 100 Å². The largest absolute Gasteiger partial charge is 0.481 e. The number of ether oxygens (including phenoxy) is 1. The minimum atomic E-state index is -0.699. The van der Waals surface area contributed by atoms with Crippen molar-refractivity contribution in [2.75, 3.05) is 20.2 Å². The lowest BCUT2D eigenvalue weighted by Crippen LogP contribution is -2.46. The first-order valence-electron chi connectivity index (χ1n) is 11.3. The summed E-state index contributed by atoms with van der Waals surface area (Å²) in [7, 11) is 1.48. The molecule has 4 rings (SSSR count). The van der Waals surface area contributed by atoms with E-state index >= 15 is 0 Å². The fraction of sp³-hybridized carbons (Fsp3) is 0.565. The molecule has 0 atom stereocenters. The maximum absolute atomic E-state index is 15.0. The van der Waals surface area contributed by atoms with Gasteiger partial charge in [0.15, 0.2) is 11.5 Å². The average molecular weight is 444 g/mol. The van der Waals surface area contributed by atoms with Crippen LogP contribution in [0.2, 0.25) is 0 Å². The highest BCUT2D eigenvalue weighted by molar-refractivity contribution is 5.94. The van der Waals surface area contributed by atoms with Crippen LogP contribution >= 0.6 is 0 Å². The molecule has 1 saturated carbocycles. The standard InChI is InChI=1S/C23H30FN5O3/c1-14-3-5-17(6-4-14)26-22(30)15-8-11-29(12-9-15)23(31)21-19(24)20(27-28-21)16-7-10-25-18(13-16)32-2/h7,10,13-15,17H,3-6,8-9,11-12H2,1-2H3,(H,26,30)(H,27,28)/t14-,17-. The van der Waals surface area contributed by atoms with Crippen LogP contribution in [0.25, 0.3) is 11.3 Å². The summed E-state index contributed by atoms with van der Waals surface area (Å²) in [6, 6.07) is 3.45. The predicted molar refractivity (Wildman–Crippen MR) is 117 cm³/mol. The number of halogens is 1. The number of nitrogens with zero attached hydrogens (tertiary/aromatic N) is 3. The molecule has 0 bridgehead atoms. The van der Waals surface area contributed by atoms with Gasteiger partial charge in [0.2, 0.25) is 11.8 Å². The van der Waals surface area contributed by atoms with E-state index in [1.165, 1.54) is 13.3 Å². The molecule has 3 heterocycles. The Labute approximate surface area is 186 Å². The molecule has 2 aliphatic rings. The van der Waals surface area contributed by atoms with Gasteiger partial charge in [-0.15, -0.1) is 0 Å². The Morgan fingerprint density at radius 1 is 1.19 bits per heavy atom. The van der Waals surface area contributed by atoms with Gasteiger partial charge in [0, 0.05) is 42.9 Å². The number of aromatic amines is 1. The van der Waals surface area contributed by atoms with Crippen LogP contribution in [0, 0.1) is 17.7 Å². The van der Waals surface area contributed by atoms with E-state index in [2.05, 4.69) is 27.4 Å². The van der Waals surface area contributed by atoms with Gasteiger partial charge in [-0.05, 0) is 50.5 Å². The van der Waals surface area contributed by atoms with Crippen LogP contribution < -0.4 is 10.1 Å². The maximum atomic E-state index is 15.0. The van der Waals surface area contributed by atoms with Crippen molar-refractivity contribution in [3.8, 4) is 17.1 Å². The van der Waals surface area contributed by atoms with E-state index in [-0.39, 0.29) is 29.3 Å². The van der Waals surface area contributed by atoms with Gasteiger partial charge in [0.25, 0.3) is 5.91 Å². The second-order valence-electron chi connectivity index (χ2n) is 8.88. The summed E-state index contributed by atoms with van der Waals surface area (Å²) in [6.07, 6.45) is 7.02. The van der Waals surface area contributed by atoms with E-state index in [9.17, 15) is 14.0 Å². The van der Waals surface area contributed by atoms with Gasteiger partial charge in [-0.2, -0.15) is 5.10 Å². The number of hydrogen-bond acceptors (Lipinski definition) is 5. The van der Waals surface area contributed by atoms with Crippen LogP contribution in [0.15, 0.2) is 18.3 Å². The molecule has 9 heteroatoms. The third-order valence-electron chi connectivity index (χ3n) is 6.66. The second kappa shape index (κ2) is 9.67. The summed E-state index contributed by atoms with van der Waals surface area (Å²) >= 11 is 0. The van der Waals surface area contributed by atoms with Gasteiger partial charge in [-0.1, -0.05) is 6.92 Å². The third-order valence-corrected chi connectivity index (χ3v) is 6.66. The van der Waals surface area contributed by atoms with Gasteiger partial charge < -0.3 is 15.0 Å². The summed E-state index contributed by atoms with van der Waals surface area (Å²) in [6.45, 7) is 3.07. The van der Waals surface area contributed by atoms with Crippen molar-refractivity contribution in [1.29, 1.82) is 0 Å². The molecule has 0 radical (unpaired) electrons. The number of aromatic nitrogens is 3. The molecule has 1 aliphatic carbocycles. The molecule has 2 amide bonds. The Hall–Kier alpha value is -2.97. The highest BCUT2D eigenvalue weighted by atomic mass is 19.1. The summed E-state index contributed by atoms with van der Waals surface area (Å²) in [5.41, 5.74) is 0.369. The normalized spacial score (nSPS) is 21.9. The number of piperidine rings is 1. The van der Waals surface area contributed by atoms with Gasteiger partial charge in [-0.25, -0.2) is 9.37 Å². The van der Waals surface area contributed by atoms with Crippen LogP contribution in [-0.2, 0) is 4.79 Å². The monoisotopic (exact) mass is 443 g/mol. The minimum Gasteiger partial charge on any atom is -0.481 e. The molecule has 1 saturated heterocycles. The fourth-order valence-electron chi connectivity index (χ4n) is 4.56. The third kappa shape index (κ3) is 4.76. The Bertz CT molecular complexity index is 962. The first kappa shape index (κ1) is 22.2. The number of likely N-dealkylation sites (tertiary alicyclic amines) is 1. The molecule has 2 N–H and O–H groups in total. The summed E-state index contributed by atoms with van der Waals surface area (Å²) < 4.78 is 20.1. The van der Waals surface area contributed by atoms with E-state index in [0.29, 0.717) is 37.4 Å². The molecule has 0 unspecified atom stereocenters. The highest BCUT2D eigenvalue weighted by Gasteiger charge is 2.32. The van der Waals surface area contributed by atoms with Crippen LogP contribution in [0.1, 0.15) is 55.9 Å². The molecule has 32 heavy (non-hydrogen) atoms. The zero-order chi connectivity index (χ0) is 22.7. The fourth-order valence-corrected chi connectivity index (χ4v) is 4.56. The lowest BCUT2D eigenvalue weighted by Gasteiger charge is -2.33. The Morgan fingerprint density at radius 3 is 2.59 bits per heavy atom. The summed E-state index contributed by atoms with van der Waals surface area (Å²) in [5.74, 6) is -0.118. The maximum Gasteiger partial charge on any atom is 0.277 e. The average Bonchev–Trinajstić information content (AvgIpc) is 3.21. The first-order chi connectivity index (χ1) is 15.5. The van der Waals surface area contributed by atoms with Crippen LogP contribution in [0.5, 0.6) is 5.88 Å². The number of nitrogens with one attached hydrogen (secondary N) is 2. The van der Waals surface area contributed by atoms with E-state index in [0.717, 1.165) is 31.6 Å². The molecular weight excluding hydrogens is 413 g/mol. The molecule has 172 valence electrons. The van der Waals surface area contributed by atoms with Crippen molar-refractivity contribution in [1.82, 2.24) is 25.4 Å². The number of pyridine rings is 1. The number of hydrogen-bond donors (Lipinski definition) is 2. The first-order valence-corrected chi connectivity index (χ1v) is 11.3. The number of H-pyrrole nitrogens is 1. The molecular formula is C23H30FN5O3. The molecule has 8 nitrogen and oxygen atoms in total. The number of carbonyl (C=O) groups is 2. The van der Waals surface area contributed by atoms with Crippen molar-refractivity contribution in [2.45, 2.75) is 51.5 Å². The Morgan fingerprint density at radius 2 is 1.91 bits per heavy atom. The molecule has 2 aromatic heterocycles.